The van der Waals surface area contributed by atoms with Gasteiger partial charge in [-0.3, -0.25) is 9.59 Å². The number of carbonyl (C=O) groups excluding carboxylic acids is 2. The number of hydrogen-bond donors (Lipinski definition) is 2. The molecule has 0 aliphatic carbocycles. The number of aryl methyl sites for hydroxylation is 2. The lowest BCUT2D eigenvalue weighted by atomic mass is 10.0. The van der Waals surface area contributed by atoms with Crippen molar-refractivity contribution in [2.24, 2.45) is 5.73 Å². The molecule has 126 valence electrons. The maximum absolute atomic E-state index is 12.4. The number of likely N-dealkylation sites (tertiary alicyclic amines) is 1. The minimum atomic E-state index is -0.450. The van der Waals surface area contributed by atoms with E-state index in [1.807, 2.05) is 11.6 Å². The molecular weight excluding hydrogens is 296 g/mol. The molecule has 1 saturated heterocycles. The highest BCUT2D eigenvalue weighted by Gasteiger charge is 2.31. The maximum atomic E-state index is 12.4. The molecule has 0 saturated carbocycles. The minimum Gasteiger partial charge on any atom is -0.368 e. The van der Waals surface area contributed by atoms with Gasteiger partial charge in [-0.2, -0.15) is 5.10 Å². The zero-order valence-electron chi connectivity index (χ0n) is 13.5. The number of hydrogen-bond acceptors (Lipinski definition) is 5. The Balaban J connectivity index is 1.54. The highest BCUT2D eigenvalue weighted by atomic mass is 16.2. The number of nitrogens with one attached hydrogen (secondary N) is 1. The number of primary amides is 1. The van der Waals surface area contributed by atoms with Crippen molar-refractivity contribution in [3.8, 4) is 0 Å². The van der Waals surface area contributed by atoms with Gasteiger partial charge in [-0.15, -0.1) is 0 Å². The van der Waals surface area contributed by atoms with Crippen molar-refractivity contribution in [2.75, 3.05) is 13.1 Å². The van der Waals surface area contributed by atoms with Crippen molar-refractivity contribution in [3.63, 3.8) is 0 Å². The minimum absolute atomic E-state index is 0.0472. The Morgan fingerprint density at radius 3 is 2.96 bits per heavy atom. The molecule has 1 aromatic rings. The Hall–Kier alpha value is -1.96. The summed E-state index contributed by atoms with van der Waals surface area (Å²) in [6.07, 6.45) is 4.35. The Bertz CT molecular complexity index is 599. The lowest BCUT2D eigenvalue weighted by molar-refractivity contribution is -0.140. The second-order valence-electron chi connectivity index (χ2n) is 6.37. The molecule has 0 aromatic carbocycles. The lowest BCUT2D eigenvalue weighted by Gasteiger charge is -2.34. The predicted octanol–water partition coefficient (Wildman–Crippen LogP) is -0.643. The molecule has 0 bridgehead atoms. The van der Waals surface area contributed by atoms with Gasteiger partial charge >= 0.3 is 0 Å². The summed E-state index contributed by atoms with van der Waals surface area (Å²) in [5.74, 6) is 1.35. The number of fused-ring (bicyclic) bond motifs is 1. The quantitative estimate of drug-likeness (QED) is 0.767. The lowest BCUT2D eigenvalue weighted by Crippen LogP contribution is -2.53. The summed E-state index contributed by atoms with van der Waals surface area (Å²) < 4.78 is 1.91. The number of rotatable bonds is 4. The van der Waals surface area contributed by atoms with E-state index in [-0.39, 0.29) is 18.5 Å². The van der Waals surface area contributed by atoms with Crippen LogP contribution in [0.1, 0.15) is 37.3 Å². The third-order valence-corrected chi connectivity index (χ3v) is 4.66. The van der Waals surface area contributed by atoms with Crippen molar-refractivity contribution in [1.29, 1.82) is 0 Å². The standard InChI is InChI=1S/C15H24N6O2/c1-10-18-13-6-5-11(9-21(13)19-10)17-8-14(22)20-7-3-2-4-12(20)15(16)23/h11-12,17H,2-9H2,1H3,(H2,16,23)/t11-,12+/m1/s1. The molecule has 23 heavy (non-hydrogen) atoms. The van der Waals surface area contributed by atoms with E-state index in [4.69, 9.17) is 5.73 Å². The number of carbonyl (C=O) groups is 2. The Labute approximate surface area is 135 Å². The van der Waals surface area contributed by atoms with Crippen LogP contribution < -0.4 is 11.1 Å². The molecule has 1 fully saturated rings. The summed E-state index contributed by atoms with van der Waals surface area (Å²) in [5.41, 5.74) is 5.42. The van der Waals surface area contributed by atoms with Gasteiger partial charge in [0.25, 0.3) is 0 Å². The fourth-order valence-electron chi connectivity index (χ4n) is 3.46. The van der Waals surface area contributed by atoms with Crippen LogP contribution in [0.15, 0.2) is 0 Å². The van der Waals surface area contributed by atoms with Crippen LogP contribution in [0.2, 0.25) is 0 Å². The molecule has 1 aromatic heterocycles. The fraction of sp³-hybridized carbons (Fsp3) is 0.733. The number of nitrogens with two attached hydrogens (primary N) is 1. The van der Waals surface area contributed by atoms with Crippen LogP contribution in [0.3, 0.4) is 0 Å². The third kappa shape index (κ3) is 3.52. The molecule has 0 radical (unpaired) electrons. The van der Waals surface area contributed by atoms with Gasteiger partial charge in [-0.1, -0.05) is 0 Å². The van der Waals surface area contributed by atoms with Gasteiger partial charge < -0.3 is 16.0 Å². The first kappa shape index (κ1) is 15.9. The average molecular weight is 320 g/mol. The summed E-state index contributed by atoms with van der Waals surface area (Å²) in [6, 6.07) is -0.252. The SMILES string of the molecule is Cc1nc2n(n1)C[C@H](NCC(=O)N1CCCC[C@H]1C(N)=O)CC2. The van der Waals surface area contributed by atoms with E-state index in [9.17, 15) is 9.59 Å². The molecule has 3 heterocycles. The summed E-state index contributed by atoms with van der Waals surface area (Å²) in [5, 5.41) is 7.66. The maximum Gasteiger partial charge on any atom is 0.240 e. The smallest absolute Gasteiger partial charge is 0.240 e. The van der Waals surface area contributed by atoms with Crippen LogP contribution in [0.5, 0.6) is 0 Å². The number of piperidine rings is 1. The second-order valence-corrected chi connectivity index (χ2v) is 6.37. The molecule has 2 amide bonds. The normalized spacial score (nSPS) is 24.3. The molecule has 0 spiro atoms. The van der Waals surface area contributed by atoms with E-state index in [1.54, 1.807) is 4.90 Å². The zero-order valence-corrected chi connectivity index (χ0v) is 13.5. The number of amides is 2. The summed E-state index contributed by atoms with van der Waals surface area (Å²) in [7, 11) is 0. The molecule has 3 rings (SSSR count). The Kier molecular flexibility index (Phi) is 4.61. The van der Waals surface area contributed by atoms with Crippen LogP contribution in [0.4, 0.5) is 0 Å². The first-order valence-electron chi connectivity index (χ1n) is 8.27. The van der Waals surface area contributed by atoms with E-state index < -0.39 is 11.9 Å². The molecule has 2 aliphatic rings. The molecule has 8 nitrogen and oxygen atoms in total. The second kappa shape index (κ2) is 6.66. The zero-order chi connectivity index (χ0) is 16.4. The van der Waals surface area contributed by atoms with E-state index >= 15 is 0 Å². The topological polar surface area (TPSA) is 106 Å². The van der Waals surface area contributed by atoms with Gasteiger partial charge in [0, 0.05) is 19.0 Å². The molecule has 2 atom stereocenters. The van der Waals surface area contributed by atoms with Gasteiger partial charge in [-0.25, -0.2) is 9.67 Å². The predicted molar refractivity (Wildman–Crippen MR) is 83.4 cm³/mol. The van der Waals surface area contributed by atoms with E-state index in [2.05, 4.69) is 15.4 Å². The third-order valence-electron chi connectivity index (χ3n) is 4.66. The molecular formula is C15H24N6O2. The van der Waals surface area contributed by atoms with Gasteiger partial charge in [0.1, 0.15) is 17.7 Å². The van der Waals surface area contributed by atoms with Crippen molar-refractivity contribution in [1.82, 2.24) is 25.0 Å². The summed E-state index contributed by atoms with van der Waals surface area (Å²) in [4.78, 5) is 29.9. The largest absolute Gasteiger partial charge is 0.368 e. The van der Waals surface area contributed by atoms with Crippen LogP contribution in [-0.2, 0) is 22.6 Å². The van der Waals surface area contributed by atoms with Crippen molar-refractivity contribution >= 4 is 11.8 Å². The van der Waals surface area contributed by atoms with E-state index in [0.29, 0.717) is 13.0 Å². The molecule has 0 unspecified atom stereocenters. The van der Waals surface area contributed by atoms with E-state index in [0.717, 1.165) is 43.9 Å². The molecule has 8 heteroatoms. The average Bonchev–Trinajstić information content (AvgIpc) is 2.91. The summed E-state index contributed by atoms with van der Waals surface area (Å²) >= 11 is 0. The van der Waals surface area contributed by atoms with Crippen molar-refractivity contribution in [3.05, 3.63) is 11.6 Å². The van der Waals surface area contributed by atoms with Crippen molar-refractivity contribution < 1.29 is 9.59 Å². The first-order chi connectivity index (χ1) is 11.0. The monoisotopic (exact) mass is 320 g/mol. The highest BCUT2D eigenvalue weighted by Crippen LogP contribution is 2.17. The van der Waals surface area contributed by atoms with Gasteiger partial charge in [0.05, 0.1) is 13.1 Å². The number of nitrogens with zero attached hydrogens (tertiary/aromatic N) is 4. The van der Waals surface area contributed by atoms with Gasteiger partial charge in [0.2, 0.25) is 11.8 Å². The van der Waals surface area contributed by atoms with Crippen LogP contribution >= 0.6 is 0 Å². The fourth-order valence-corrected chi connectivity index (χ4v) is 3.46. The highest BCUT2D eigenvalue weighted by molar-refractivity contribution is 5.87. The molecule has 3 N–H and O–H groups in total. The Morgan fingerprint density at radius 1 is 1.35 bits per heavy atom. The van der Waals surface area contributed by atoms with Crippen LogP contribution in [-0.4, -0.2) is 56.7 Å². The van der Waals surface area contributed by atoms with Crippen LogP contribution in [0.25, 0.3) is 0 Å². The van der Waals surface area contributed by atoms with Gasteiger partial charge in [-0.05, 0) is 32.6 Å². The summed E-state index contributed by atoms with van der Waals surface area (Å²) in [6.45, 7) is 3.46. The van der Waals surface area contributed by atoms with Crippen molar-refractivity contribution in [2.45, 2.75) is 57.7 Å². The first-order valence-corrected chi connectivity index (χ1v) is 8.27. The van der Waals surface area contributed by atoms with Gasteiger partial charge in [0.15, 0.2) is 0 Å². The van der Waals surface area contributed by atoms with Crippen LogP contribution in [0, 0.1) is 6.92 Å². The Morgan fingerprint density at radius 2 is 2.17 bits per heavy atom. The van der Waals surface area contributed by atoms with E-state index in [1.165, 1.54) is 0 Å². The number of aromatic nitrogens is 3. The molecule has 2 aliphatic heterocycles.